The molecule has 7 heteroatoms. The lowest BCUT2D eigenvalue weighted by Crippen LogP contribution is -2.42. The number of hydrogen-bond acceptors (Lipinski definition) is 3. The van der Waals surface area contributed by atoms with E-state index in [1.807, 2.05) is 26.0 Å². The first kappa shape index (κ1) is 18.5. The summed E-state index contributed by atoms with van der Waals surface area (Å²) in [5.41, 5.74) is 2.11. The molecule has 2 heterocycles. The molecular formula is C19H22ClN3O3. The summed E-state index contributed by atoms with van der Waals surface area (Å²) in [5, 5.41) is 14.3. The largest absolute Gasteiger partial charge is 0.481 e. The van der Waals surface area contributed by atoms with E-state index in [0.29, 0.717) is 30.0 Å². The molecule has 138 valence electrons. The van der Waals surface area contributed by atoms with Gasteiger partial charge in [-0.3, -0.25) is 9.59 Å². The predicted molar refractivity (Wildman–Crippen MR) is 98.9 cm³/mol. The van der Waals surface area contributed by atoms with Crippen molar-refractivity contribution >= 4 is 23.5 Å². The quantitative estimate of drug-likeness (QED) is 0.886. The van der Waals surface area contributed by atoms with E-state index in [1.54, 1.807) is 27.9 Å². The fourth-order valence-electron chi connectivity index (χ4n) is 3.43. The van der Waals surface area contributed by atoms with Crippen molar-refractivity contribution in [2.45, 2.75) is 32.6 Å². The topological polar surface area (TPSA) is 75.4 Å². The van der Waals surface area contributed by atoms with E-state index in [0.717, 1.165) is 11.4 Å². The first-order valence-corrected chi connectivity index (χ1v) is 9.12. The van der Waals surface area contributed by atoms with Crippen LogP contribution >= 0.6 is 11.6 Å². The highest BCUT2D eigenvalue weighted by atomic mass is 35.5. The smallest absolute Gasteiger partial charge is 0.308 e. The Bertz CT molecular complexity index is 831. The number of aliphatic carboxylic acids is 1. The van der Waals surface area contributed by atoms with Crippen LogP contribution in [-0.4, -0.2) is 44.8 Å². The van der Waals surface area contributed by atoms with Crippen molar-refractivity contribution in [3.63, 3.8) is 0 Å². The molecule has 0 spiro atoms. The molecule has 1 atom stereocenters. The van der Waals surface area contributed by atoms with Gasteiger partial charge >= 0.3 is 5.97 Å². The molecule has 0 aliphatic carbocycles. The molecule has 0 saturated carbocycles. The lowest BCUT2D eigenvalue weighted by Gasteiger charge is -2.31. The van der Waals surface area contributed by atoms with Crippen LogP contribution in [0, 0.1) is 5.92 Å². The Morgan fingerprint density at radius 2 is 2.12 bits per heavy atom. The van der Waals surface area contributed by atoms with Crippen LogP contribution in [0.15, 0.2) is 30.5 Å². The summed E-state index contributed by atoms with van der Waals surface area (Å²) in [6, 6.07) is 7.32. The molecule has 6 nitrogen and oxygen atoms in total. The monoisotopic (exact) mass is 375 g/mol. The van der Waals surface area contributed by atoms with Gasteiger partial charge in [-0.2, -0.15) is 5.10 Å². The van der Waals surface area contributed by atoms with Gasteiger partial charge in [-0.05, 0) is 37.0 Å². The van der Waals surface area contributed by atoms with Crippen LogP contribution < -0.4 is 0 Å². The normalized spacial score (nSPS) is 17.5. The standard InChI is InChI=1S/C19H22ClN3O3/c1-12(2)17-16(10-21-23(17)15-7-3-6-14(20)9-15)18(24)22-8-4-5-13(11-22)19(25)26/h3,6-7,9-10,12-13H,4-5,8,11H2,1-2H3,(H,25,26)/t13-/m0/s1. The van der Waals surface area contributed by atoms with Crippen molar-refractivity contribution in [1.82, 2.24) is 14.7 Å². The number of rotatable bonds is 4. The minimum Gasteiger partial charge on any atom is -0.481 e. The third-order valence-corrected chi connectivity index (χ3v) is 4.93. The molecule has 3 rings (SSSR count). The van der Waals surface area contributed by atoms with Gasteiger partial charge in [0, 0.05) is 18.1 Å². The number of carbonyl (C=O) groups excluding carboxylic acids is 1. The van der Waals surface area contributed by atoms with Crippen LogP contribution in [0.25, 0.3) is 5.69 Å². The molecular weight excluding hydrogens is 354 g/mol. The van der Waals surface area contributed by atoms with Gasteiger partial charge in [0.15, 0.2) is 0 Å². The second-order valence-corrected chi connectivity index (χ2v) is 7.35. The number of halogens is 1. The third kappa shape index (κ3) is 3.60. The fourth-order valence-corrected chi connectivity index (χ4v) is 3.61. The average Bonchev–Trinajstić information content (AvgIpc) is 3.06. The molecule has 0 bridgehead atoms. The Balaban J connectivity index is 1.95. The number of carboxylic acid groups (broad SMARTS) is 1. The maximum atomic E-state index is 13.1. The van der Waals surface area contributed by atoms with Crippen molar-refractivity contribution in [2.24, 2.45) is 5.92 Å². The summed E-state index contributed by atoms with van der Waals surface area (Å²) >= 11 is 6.09. The SMILES string of the molecule is CC(C)c1c(C(=O)N2CCC[C@H](C(=O)O)C2)cnn1-c1cccc(Cl)c1. The van der Waals surface area contributed by atoms with Crippen molar-refractivity contribution in [3.8, 4) is 5.69 Å². The first-order valence-electron chi connectivity index (χ1n) is 8.74. The number of aromatic nitrogens is 2. The number of carbonyl (C=O) groups is 2. The van der Waals surface area contributed by atoms with Crippen LogP contribution in [0.4, 0.5) is 0 Å². The minimum atomic E-state index is -0.846. The van der Waals surface area contributed by atoms with E-state index in [-0.39, 0.29) is 18.4 Å². The Labute approximate surface area is 157 Å². The number of piperidine rings is 1. The summed E-state index contributed by atoms with van der Waals surface area (Å²) in [6.07, 6.45) is 2.88. The van der Waals surface area contributed by atoms with E-state index in [9.17, 15) is 14.7 Å². The number of carboxylic acids is 1. The second kappa shape index (κ2) is 7.50. The van der Waals surface area contributed by atoms with Gasteiger partial charge in [-0.25, -0.2) is 4.68 Å². The molecule has 0 unspecified atom stereocenters. The zero-order valence-corrected chi connectivity index (χ0v) is 15.6. The molecule has 1 aromatic carbocycles. The maximum Gasteiger partial charge on any atom is 0.308 e. The van der Waals surface area contributed by atoms with E-state index in [1.165, 1.54) is 0 Å². The van der Waals surface area contributed by atoms with Crippen LogP contribution in [-0.2, 0) is 4.79 Å². The van der Waals surface area contributed by atoms with Crippen LogP contribution in [0.1, 0.15) is 48.7 Å². The molecule has 0 radical (unpaired) electrons. The van der Waals surface area contributed by atoms with Gasteiger partial charge in [0.1, 0.15) is 0 Å². The molecule has 1 N–H and O–H groups in total. The van der Waals surface area contributed by atoms with Crippen molar-refractivity contribution < 1.29 is 14.7 Å². The molecule has 1 aliphatic rings. The Hall–Kier alpha value is -2.34. The summed E-state index contributed by atoms with van der Waals surface area (Å²) in [5.74, 6) is -1.44. The molecule has 1 fully saturated rings. The summed E-state index contributed by atoms with van der Waals surface area (Å²) in [6.45, 7) is 4.83. The molecule has 1 amide bonds. The van der Waals surface area contributed by atoms with Crippen LogP contribution in [0.3, 0.4) is 0 Å². The highest BCUT2D eigenvalue weighted by molar-refractivity contribution is 6.30. The summed E-state index contributed by atoms with van der Waals surface area (Å²) in [4.78, 5) is 26.0. The lowest BCUT2D eigenvalue weighted by atomic mass is 9.97. The van der Waals surface area contributed by atoms with Gasteiger partial charge in [0.05, 0.1) is 29.1 Å². The van der Waals surface area contributed by atoms with E-state index in [4.69, 9.17) is 11.6 Å². The minimum absolute atomic E-state index is 0.0653. The Morgan fingerprint density at radius 1 is 1.35 bits per heavy atom. The second-order valence-electron chi connectivity index (χ2n) is 6.92. The number of benzene rings is 1. The van der Waals surface area contributed by atoms with E-state index in [2.05, 4.69) is 5.10 Å². The van der Waals surface area contributed by atoms with Crippen molar-refractivity contribution in [1.29, 1.82) is 0 Å². The highest BCUT2D eigenvalue weighted by Crippen LogP contribution is 2.27. The Kier molecular flexibility index (Phi) is 5.32. The van der Waals surface area contributed by atoms with Crippen LogP contribution in [0.2, 0.25) is 5.02 Å². The molecule has 1 aromatic heterocycles. The molecule has 1 saturated heterocycles. The average molecular weight is 376 g/mol. The number of likely N-dealkylation sites (tertiary alicyclic amines) is 1. The van der Waals surface area contributed by atoms with Crippen molar-refractivity contribution in [2.75, 3.05) is 13.1 Å². The molecule has 1 aliphatic heterocycles. The van der Waals surface area contributed by atoms with Gasteiger partial charge in [-0.15, -0.1) is 0 Å². The zero-order chi connectivity index (χ0) is 18.8. The third-order valence-electron chi connectivity index (χ3n) is 4.69. The summed E-state index contributed by atoms with van der Waals surface area (Å²) in [7, 11) is 0. The van der Waals surface area contributed by atoms with Gasteiger partial charge in [-0.1, -0.05) is 31.5 Å². The van der Waals surface area contributed by atoms with Gasteiger partial charge in [0.25, 0.3) is 5.91 Å². The zero-order valence-electron chi connectivity index (χ0n) is 14.9. The van der Waals surface area contributed by atoms with Gasteiger partial charge < -0.3 is 10.0 Å². The highest BCUT2D eigenvalue weighted by Gasteiger charge is 2.31. The number of amides is 1. The predicted octanol–water partition coefficient (Wildman–Crippen LogP) is 3.59. The maximum absolute atomic E-state index is 13.1. The molecule has 26 heavy (non-hydrogen) atoms. The van der Waals surface area contributed by atoms with Gasteiger partial charge in [0.2, 0.25) is 0 Å². The summed E-state index contributed by atoms with van der Waals surface area (Å²) < 4.78 is 1.74. The Morgan fingerprint density at radius 3 is 2.77 bits per heavy atom. The number of nitrogens with zero attached hydrogens (tertiary/aromatic N) is 3. The van der Waals surface area contributed by atoms with Crippen LogP contribution in [0.5, 0.6) is 0 Å². The van der Waals surface area contributed by atoms with E-state index >= 15 is 0 Å². The van der Waals surface area contributed by atoms with E-state index < -0.39 is 11.9 Å². The molecule has 2 aromatic rings. The number of hydrogen-bond donors (Lipinski definition) is 1. The first-order chi connectivity index (χ1) is 12.4. The van der Waals surface area contributed by atoms with Crippen molar-refractivity contribution in [3.05, 3.63) is 46.7 Å². The lowest BCUT2D eigenvalue weighted by molar-refractivity contribution is -0.143. The fraction of sp³-hybridized carbons (Fsp3) is 0.421.